The van der Waals surface area contributed by atoms with Crippen LogP contribution in [0.1, 0.15) is 38.5 Å². The normalized spacial score (nSPS) is 24.8. The fourth-order valence-electron chi connectivity index (χ4n) is 2.80. The average Bonchev–Trinajstić information content (AvgIpc) is 3.15. The molecule has 0 aliphatic heterocycles. The van der Waals surface area contributed by atoms with Gasteiger partial charge in [-0.3, -0.25) is 4.79 Å². The van der Waals surface area contributed by atoms with Crippen molar-refractivity contribution in [1.29, 1.82) is 0 Å². The minimum absolute atomic E-state index is 0.0649. The molecule has 2 rings (SSSR count). The van der Waals surface area contributed by atoms with E-state index in [2.05, 4.69) is 10.6 Å². The monoisotopic (exact) mass is 298 g/mol. The van der Waals surface area contributed by atoms with Crippen LogP contribution in [-0.2, 0) is 9.53 Å². The maximum absolute atomic E-state index is 11.6. The number of urea groups is 1. The van der Waals surface area contributed by atoms with Gasteiger partial charge in [0.1, 0.15) is 0 Å². The third kappa shape index (κ3) is 5.91. The lowest BCUT2D eigenvalue weighted by Crippen LogP contribution is -2.40. The lowest BCUT2D eigenvalue weighted by molar-refractivity contribution is -0.142. The van der Waals surface area contributed by atoms with Crippen molar-refractivity contribution in [3.8, 4) is 0 Å². The molecule has 0 radical (unpaired) electrons. The molecule has 2 unspecified atom stereocenters. The summed E-state index contributed by atoms with van der Waals surface area (Å²) in [7, 11) is 0. The van der Waals surface area contributed by atoms with Crippen LogP contribution >= 0.6 is 0 Å². The molecule has 0 spiro atoms. The largest absolute Gasteiger partial charge is 0.481 e. The van der Waals surface area contributed by atoms with Crippen molar-refractivity contribution in [1.82, 2.24) is 10.6 Å². The molecule has 120 valence electrons. The summed E-state index contributed by atoms with van der Waals surface area (Å²) in [6, 6.07) is -0.215. The molecule has 2 atom stereocenters. The highest BCUT2D eigenvalue weighted by Gasteiger charge is 2.32. The second-order valence-corrected chi connectivity index (χ2v) is 6.14. The Kier molecular flexibility index (Phi) is 6.29. The number of carboxylic acid groups (broad SMARTS) is 1. The molecule has 3 N–H and O–H groups in total. The average molecular weight is 298 g/mol. The van der Waals surface area contributed by atoms with E-state index in [0.29, 0.717) is 19.7 Å². The number of nitrogens with one attached hydrogen (secondary N) is 2. The van der Waals surface area contributed by atoms with Crippen molar-refractivity contribution in [3.63, 3.8) is 0 Å². The van der Waals surface area contributed by atoms with Crippen LogP contribution in [-0.4, -0.2) is 43.4 Å². The minimum atomic E-state index is -0.743. The van der Waals surface area contributed by atoms with Gasteiger partial charge in [-0.15, -0.1) is 0 Å². The van der Waals surface area contributed by atoms with Crippen LogP contribution in [0.2, 0.25) is 0 Å². The van der Waals surface area contributed by atoms with Crippen LogP contribution in [0.4, 0.5) is 4.79 Å². The lowest BCUT2D eigenvalue weighted by atomic mass is 9.96. The van der Waals surface area contributed by atoms with Crippen molar-refractivity contribution >= 4 is 12.0 Å². The summed E-state index contributed by atoms with van der Waals surface area (Å²) < 4.78 is 5.48. The molecular formula is C15H26N2O4. The number of carboxylic acids is 1. The molecule has 0 heterocycles. The standard InChI is InChI=1S/C15H26N2O4/c18-14(19)13-4-1-3-12(13)9-17-15(20)16-7-2-8-21-10-11-5-6-11/h11-13H,1-10H2,(H,18,19)(H2,16,17,20). The summed E-state index contributed by atoms with van der Waals surface area (Å²) in [6.07, 6.45) is 5.93. The Hall–Kier alpha value is -1.30. The van der Waals surface area contributed by atoms with E-state index < -0.39 is 5.97 Å². The molecule has 0 aromatic heterocycles. The fourth-order valence-corrected chi connectivity index (χ4v) is 2.80. The summed E-state index contributed by atoms with van der Waals surface area (Å²) in [5.41, 5.74) is 0. The number of aliphatic carboxylic acids is 1. The summed E-state index contributed by atoms with van der Waals surface area (Å²) in [5.74, 6) is -0.210. The highest BCUT2D eigenvalue weighted by Crippen LogP contribution is 2.31. The molecule has 2 fully saturated rings. The number of rotatable bonds is 9. The zero-order valence-corrected chi connectivity index (χ0v) is 12.5. The summed E-state index contributed by atoms with van der Waals surface area (Å²) in [4.78, 5) is 22.7. The highest BCUT2D eigenvalue weighted by molar-refractivity contribution is 5.74. The van der Waals surface area contributed by atoms with Crippen LogP contribution in [0.25, 0.3) is 0 Å². The minimum Gasteiger partial charge on any atom is -0.481 e. The van der Waals surface area contributed by atoms with Gasteiger partial charge in [0, 0.05) is 26.3 Å². The van der Waals surface area contributed by atoms with Gasteiger partial charge in [-0.05, 0) is 43.9 Å². The molecule has 2 saturated carbocycles. The van der Waals surface area contributed by atoms with Gasteiger partial charge >= 0.3 is 12.0 Å². The van der Waals surface area contributed by atoms with Crippen molar-refractivity contribution in [3.05, 3.63) is 0 Å². The number of amides is 2. The van der Waals surface area contributed by atoms with E-state index in [1.807, 2.05) is 0 Å². The van der Waals surface area contributed by atoms with Gasteiger partial charge in [-0.1, -0.05) is 6.42 Å². The van der Waals surface area contributed by atoms with Gasteiger partial charge in [0.25, 0.3) is 0 Å². The Balaban J connectivity index is 1.47. The molecular weight excluding hydrogens is 272 g/mol. The van der Waals surface area contributed by atoms with Gasteiger partial charge in [0.2, 0.25) is 0 Å². The third-order valence-corrected chi connectivity index (χ3v) is 4.30. The predicted molar refractivity (Wildman–Crippen MR) is 78.0 cm³/mol. The van der Waals surface area contributed by atoms with Gasteiger partial charge in [-0.25, -0.2) is 4.79 Å². The number of hydrogen-bond donors (Lipinski definition) is 3. The van der Waals surface area contributed by atoms with Gasteiger partial charge < -0.3 is 20.5 Å². The Morgan fingerprint density at radius 3 is 2.67 bits per heavy atom. The van der Waals surface area contributed by atoms with Crippen LogP contribution < -0.4 is 10.6 Å². The second kappa shape index (κ2) is 8.22. The summed E-state index contributed by atoms with van der Waals surface area (Å²) in [5, 5.41) is 14.6. The van der Waals surface area contributed by atoms with E-state index in [1.54, 1.807) is 0 Å². The quantitative estimate of drug-likeness (QED) is 0.564. The van der Waals surface area contributed by atoms with E-state index in [0.717, 1.165) is 38.2 Å². The van der Waals surface area contributed by atoms with E-state index in [1.165, 1.54) is 12.8 Å². The van der Waals surface area contributed by atoms with Crippen LogP contribution in [0.5, 0.6) is 0 Å². The molecule has 2 aliphatic carbocycles. The smallest absolute Gasteiger partial charge is 0.314 e. The van der Waals surface area contributed by atoms with Crippen molar-refractivity contribution < 1.29 is 19.4 Å². The maximum atomic E-state index is 11.6. The van der Waals surface area contributed by atoms with E-state index in [9.17, 15) is 9.59 Å². The molecule has 6 nitrogen and oxygen atoms in total. The maximum Gasteiger partial charge on any atom is 0.314 e. The SMILES string of the molecule is O=C(NCCCOCC1CC1)NCC1CCCC1C(=O)O. The first-order valence-corrected chi connectivity index (χ1v) is 7.99. The number of ether oxygens (including phenoxy) is 1. The Labute approximate surface area is 125 Å². The molecule has 0 bridgehead atoms. The van der Waals surface area contributed by atoms with Crippen molar-refractivity contribution in [2.75, 3.05) is 26.3 Å². The first kappa shape index (κ1) is 16.1. The third-order valence-electron chi connectivity index (χ3n) is 4.30. The van der Waals surface area contributed by atoms with Crippen LogP contribution in [0.15, 0.2) is 0 Å². The molecule has 6 heteroatoms. The second-order valence-electron chi connectivity index (χ2n) is 6.14. The molecule has 0 aromatic rings. The molecule has 2 aliphatic rings. The van der Waals surface area contributed by atoms with E-state index in [4.69, 9.17) is 9.84 Å². The first-order chi connectivity index (χ1) is 10.2. The molecule has 0 aromatic carbocycles. The zero-order chi connectivity index (χ0) is 15.1. The van der Waals surface area contributed by atoms with Gasteiger partial charge in [-0.2, -0.15) is 0 Å². The Bertz CT molecular complexity index is 358. The van der Waals surface area contributed by atoms with E-state index in [-0.39, 0.29) is 17.9 Å². The van der Waals surface area contributed by atoms with Crippen LogP contribution in [0.3, 0.4) is 0 Å². The molecule has 21 heavy (non-hydrogen) atoms. The van der Waals surface area contributed by atoms with Gasteiger partial charge in [0.15, 0.2) is 0 Å². The fraction of sp³-hybridized carbons (Fsp3) is 0.867. The summed E-state index contributed by atoms with van der Waals surface area (Å²) in [6.45, 7) is 2.56. The Morgan fingerprint density at radius 2 is 1.95 bits per heavy atom. The highest BCUT2D eigenvalue weighted by atomic mass is 16.5. The van der Waals surface area contributed by atoms with Gasteiger partial charge in [0.05, 0.1) is 5.92 Å². The molecule has 0 saturated heterocycles. The number of carbonyl (C=O) groups is 2. The number of carbonyl (C=O) groups excluding carboxylic acids is 1. The predicted octanol–water partition coefficient (Wildman–Crippen LogP) is 1.60. The van der Waals surface area contributed by atoms with Crippen molar-refractivity contribution in [2.45, 2.75) is 38.5 Å². The first-order valence-electron chi connectivity index (χ1n) is 7.99. The number of hydrogen-bond acceptors (Lipinski definition) is 3. The van der Waals surface area contributed by atoms with Crippen molar-refractivity contribution in [2.24, 2.45) is 17.8 Å². The summed E-state index contributed by atoms with van der Waals surface area (Å²) >= 11 is 0. The van der Waals surface area contributed by atoms with E-state index >= 15 is 0 Å². The zero-order valence-electron chi connectivity index (χ0n) is 12.5. The lowest BCUT2D eigenvalue weighted by Gasteiger charge is -2.16. The Morgan fingerprint density at radius 1 is 1.14 bits per heavy atom. The van der Waals surface area contributed by atoms with Crippen LogP contribution in [0, 0.1) is 17.8 Å². The molecule has 2 amide bonds. The topological polar surface area (TPSA) is 87.7 Å².